The van der Waals surface area contributed by atoms with E-state index in [0.29, 0.717) is 11.0 Å². The van der Waals surface area contributed by atoms with Gasteiger partial charge in [-0.2, -0.15) is 0 Å². The third kappa shape index (κ3) is 2.60. The second-order valence-corrected chi connectivity index (χ2v) is 5.03. The largest absolute Gasteiger partial charge is 0.310 e. The predicted octanol–water partition coefficient (Wildman–Crippen LogP) is 3.64. The number of hydrogen-bond acceptors (Lipinski definition) is 2. The topological polar surface area (TPSA) is 42.0 Å². The van der Waals surface area contributed by atoms with Gasteiger partial charge in [-0.25, -0.2) is 4.98 Å². The zero-order chi connectivity index (χ0) is 12.3. The van der Waals surface area contributed by atoms with Crippen molar-refractivity contribution in [2.45, 2.75) is 39.0 Å². The molecule has 0 radical (unpaired) electrons. The van der Waals surface area contributed by atoms with E-state index in [9.17, 15) is 4.79 Å². The van der Waals surface area contributed by atoms with E-state index in [2.05, 4.69) is 17.2 Å². The Balaban J connectivity index is 2.10. The van der Waals surface area contributed by atoms with Crippen molar-refractivity contribution in [3.63, 3.8) is 0 Å². The zero-order valence-electron chi connectivity index (χ0n) is 10.0. The van der Waals surface area contributed by atoms with Crippen molar-refractivity contribution in [2.75, 3.05) is 5.32 Å². The van der Waals surface area contributed by atoms with Crippen molar-refractivity contribution in [3.05, 3.63) is 23.4 Å². The van der Waals surface area contributed by atoms with Gasteiger partial charge in [0.15, 0.2) is 0 Å². The van der Waals surface area contributed by atoms with E-state index in [1.54, 1.807) is 18.2 Å². The summed E-state index contributed by atoms with van der Waals surface area (Å²) in [7, 11) is 0. The van der Waals surface area contributed by atoms with Crippen LogP contribution in [0.2, 0.25) is 5.15 Å². The molecule has 1 N–H and O–H groups in total. The number of pyridine rings is 1. The molecule has 1 amide bonds. The highest BCUT2D eigenvalue weighted by atomic mass is 35.5. The molecule has 0 unspecified atom stereocenters. The van der Waals surface area contributed by atoms with E-state index in [-0.39, 0.29) is 11.3 Å². The first-order chi connectivity index (χ1) is 8.16. The molecule has 1 aliphatic carbocycles. The lowest BCUT2D eigenvalue weighted by Gasteiger charge is -2.25. The summed E-state index contributed by atoms with van der Waals surface area (Å²) in [4.78, 5) is 16.4. The van der Waals surface area contributed by atoms with Crippen LogP contribution in [0.5, 0.6) is 0 Å². The Morgan fingerprint density at radius 2 is 2.18 bits per heavy atom. The molecule has 17 heavy (non-hydrogen) atoms. The molecule has 1 fully saturated rings. The number of anilines is 1. The Morgan fingerprint density at radius 3 is 2.76 bits per heavy atom. The summed E-state index contributed by atoms with van der Waals surface area (Å²) in [6, 6.07) is 5.25. The predicted molar refractivity (Wildman–Crippen MR) is 69.1 cm³/mol. The molecule has 92 valence electrons. The highest BCUT2D eigenvalue weighted by Gasteiger charge is 2.39. The molecule has 0 spiro atoms. The standard InChI is InChI=1S/C13H17ClN2O/c1-2-13(8-3-4-9-13)12(17)16-11-7-5-6-10(14)15-11/h5-7H,2-4,8-9H2,1H3,(H,15,16,17). The fourth-order valence-corrected chi connectivity index (χ4v) is 2.68. The van der Waals surface area contributed by atoms with Gasteiger partial charge in [0.25, 0.3) is 0 Å². The molecular weight excluding hydrogens is 236 g/mol. The number of amides is 1. The second kappa shape index (κ2) is 5.05. The smallest absolute Gasteiger partial charge is 0.231 e. The number of carbonyl (C=O) groups is 1. The van der Waals surface area contributed by atoms with Crippen LogP contribution in [0.1, 0.15) is 39.0 Å². The van der Waals surface area contributed by atoms with Crippen LogP contribution in [-0.2, 0) is 4.79 Å². The first-order valence-electron chi connectivity index (χ1n) is 6.10. The van der Waals surface area contributed by atoms with E-state index < -0.39 is 0 Å². The fraction of sp³-hybridized carbons (Fsp3) is 0.538. The van der Waals surface area contributed by atoms with Gasteiger partial charge in [-0.15, -0.1) is 0 Å². The third-order valence-electron chi connectivity index (χ3n) is 3.68. The molecule has 1 aliphatic rings. The van der Waals surface area contributed by atoms with Crippen molar-refractivity contribution >= 4 is 23.3 Å². The highest BCUT2D eigenvalue weighted by molar-refractivity contribution is 6.29. The van der Waals surface area contributed by atoms with Gasteiger partial charge in [-0.3, -0.25) is 4.79 Å². The summed E-state index contributed by atoms with van der Waals surface area (Å²) in [6.07, 6.45) is 5.14. The summed E-state index contributed by atoms with van der Waals surface area (Å²) in [6.45, 7) is 2.08. The number of nitrogens with one attached hydrogen (secondary N) is 1. The number of hydrogen-bond donors (Lipinski definition) is 1. The van der Waals surface area contributed by atoms with Crippen molar-refractivity contribution < 1.29 is 4.79 Å². The third-order valence-corrected chi connectivity index (χ3v) is 3.89. The lowest BCUT2D eigenvalue weighted by molar-refractivity contribution is -0.125. The Morgan fingerprint density at radius 1 is 1.47 bits per heavy atom. The monoisotopic (exact) mass is 252 g/mol. The number of halogens is 1. The van der Waals surface area contributed by atoms with Crippen LogP contribution in [0.3, 0.4) is 0 Å². The summed E-state index contributed by atoms with van der Waals surface area (Å²) in [5.74, 6) is 0.634. The molecule has 1 aromatic heterocycles. The van der Waals surface area contributed by atoms with Crippen LogP contribution in [0, 0.1) is 5.41 Å². The van der Waals surface area contributed by atoms with Gasteiger partial charge in [0.05, 0.1) is 0 Å². The quantitative estimate of drug-likeness (QED) is 0.835. The van der Waals surface area contributed by atoms with Crippen LogP contribution >= 0.6 is 11.6 Å². The number of nitrogens with zero attached hydrogens (tertiary/aromatic N) is 1. The van der Waals surface area contributed by atoms with Crippen LogP contribution in [-0.4, -0.2) is 10.9 Å². The molecule has 0 aromatic carbocycles. The molecule has 0 saturated heterocycles. The average Bonchev–Trinajstić information content (AvgIpc) is 2.78. The van der Waals surface area contributed by atoms with E-state index in [1.807, 2.05) is 0 Å². The molecular formula is C13H17ClN2O. The summed E-state index contributed by atoms with van der Waals surface area (Å²) in [5, 5.41) is 3.28. The normalized spacial score (nSPS) is 18.0. The van der Waals surface area contributed by atoms with E-state index in [0.717, 1.165) is 32.1 Å². The molecule has 1 saturated carbocycles. The maximum atomic E-state index is 12.3. The van der Waals surface area contributed by atoms with Gasteiger partial charge >= 0.3 is 0 Å². The Kier molecular flexibility index (Phi) is 3.67. The van der Waals surface area contributed by atoms with E-state index in [4.69, 9.17) is 11.6 Å². The van der Waals surface area contributed by atoms with Crippen LogP contribution in [0.15, 0.2) is 18.2 Å². The van der Waals surface area contributed by atoms with Crippen LogP contribution < -0.4 is 5.32 Å². The number of carbonyl (C=O) groups excluding carboxylic acids is 1. The van der Waals surface area contributed by atoms with Crippen LogP contribution in [0.4, 0.5) is 5.82 Å². The van der Waals surface area contributed by atoms with Gasteiger partial charge in [0.2, 0.25) is 5.91 Å². The number of rotatable bonds is 3. The molecule has 1 heterocycles. The molecule has 0 aliphatic heterocycles. The minimum Gasteiger partial charge on any atom is -0.310 e. The molecule has 3 nitrogen and oxygen atoms in total. The van der Waals surface area contributed by atoms with Gasteiger partial charge in [0, 0.05) is 5.41 Å². The Labute approximate surface area is 107 Å². The lowest BCUT2D eigenvalue weighted by atomic mass is 9.82. The first-order valence-corrected chi connectivity index (χ1v) is 6.48. The van der Waals surface area contributed by atoms with Gasteiger partial charge in [0.1, 0.15) is 11.0 Å². The second-order valence-electron chi connectivity index (χ2n) is 4.64. The molecule has 1 aromatic rings. The Bertz CT molecular complexity index is 414. The average molecular weight is 253 g/mol. The minimum absolute atomic E-state index is 0.0901. The molecule has 0 bridgehead atoms. The summed E-state index contributed by atoms with van der Waals surface area (Å²) in [5.41, 5.74) is -0.190. The fourth-order valence-electron chi connectivity index (χ4n) is 2.52. The van der Waals surface area contributed by atoms with Crippen molar-refractivity contribution in [3.8, 4) is 0 Å². The summed E-state index contributed by atoms with van der Waals surface area (Å²) < 4.78 is 0. The molecule has 2 rings (SSSR count). The van der Waals surface area contributed by atoms with Crippen molar-refractivity contribution in [1.29, 1.82) is 0 Å². The Hall–Kier alpha value is -1.09. The molecule has 4 heteroatoms. The molecule has 0 atom stereocenters. The van der Waals surface area contributed by atoms with Crippen molar-refractivity contribution in [2.24, 2.45) is 5.41 Å². The number of aromatic nitrogens is 1. The maximum Gasteiger partial charge on any atom is 0.231 e. The van der Waals surface area contributed by atoms with E-state index in [1.165, 1.54) is 0 Å². The van der Waals surface area contributed by atoms with Gasteiger partial charge in [-0.1, -0.05) is 37.4 Å². The summed E-state index contributed by atoms with van der Waals surface area (Å²) >= 11 is 5.79. The van der Waals surface area contributed by atoms with E-state index >= 15 is 0 Å². The van der Waals surface area contributed by atoms with Gasteiger partial charge in [-0.05, 0) is 31.4 Å². The highest BCUT2D eigenvalue weighted by Crippen LogP contribution is 2.41. The maximum absolute atomic E-state index is 12.3. The first kappa shape index (κ1) is 12.4. The van der Waals surface area contributed by atoms with Gasteiger partial charge < -0.3 is 5.32 Å². The SMILES string of the molecule is CCC1(C(=O)Nc2cccc(Cl)n2)CCCC1. The van der Waals surface area contributed by atoms with Crippen LogP contribution in [0.25, 0.3) is 0 Å². The van der Waals surface area contributed by atoms with Crippen molar-refractivity contribution in [1.82, 2.24) is 4.98 Å². The lowest BCUT2D eigenvalue weighted by Crippen LogP contribution is -2.33. The zero-order valence-corrected chi connectivity index (χ0v) is 10.8. The minimum atomic E-state index is -0.190.